The Morgan fingerprint density at radius 1 is 1.47 bits per heavy atom. The Labute approximate surface area is 95.5 Å². The molecule has 0 saturated heterocycles. The van der Waals surface area contributed by atoms with E-state index in [1.54, 1.807) is 13.8 Å². The van der Waals surface area contributed by atoms with Crippen LogP contribution in [0.25, 0.3) is 0 Å². The number of carbonyl (C=O) groups excluding carboxylic acids is 2. The van der Waals surface area contributed by atoms with Gasteiger partial charge in [0.25, 0.3) is 0 Å². The average molecular weight is 236 g/mol. The molecule has 15 heavy (non-hydrogen) atoms. The number of amides is 1. The van der Waals surface area contributed by atoms with E-state index in [4.69, 9.17) is 16.3 Å². The first kappa shape index (κ1) is 14.2. The molecule has 0 radical (unpaired) electrons. The monoisotopic (exact) mass is 235 g/mol. The second-order valence-electron chi connectivity index (χ2n) is 3.18. The highest BCUT2D eigenvalue weighted by molar-refractivity contribution is 6.17. The molecule has 1 unspecified atom stereocenters. The SMILES string of the molecule is CCOC(=O)C(C)N(CCCCl)C(C)=O. The summed E-state index contributed by atoms with van der Waals surface area (Å²) in [4.78, 5) is 24.2. The minimum atomic E-state index is -0.536. The van der Waals surface area contributed by atoms with Crippen molar-refractivity contribution >= 4 is 23.5 Å². The third-order valence-corrected chi connectivity index (χ3v) is 2.30. The molecule has 0 fully saturated rings. The summed E-state index contributed by atoms with van der Waals surface area (Å²) in [6.07, 6.45) is 0.672. The second-order valence-corrected chi connectivity index (χ2v) is 3.56. The van der Waals surface area contributed by atoms with Crippen LogP contribution in [0.2, 0.25) is 0 Å². The molecule has 0 N–H and O–H groups in total. The lowest BCUT2D eigenvalue weighted by molar-refractivity contribution is -0.153. The van der Waals surface area contributed by atoms with Crippen molar-refractivity contribution in [3.63, 3.8) is 0 Å². The molecule has 5 heteroatoms. The molecular weight excluding hydrogens is 218 g/mol. The Hall–Kier alpha value is -0.770. The number of ether oxygens (including phenoxy) is 1. The van der Waals surface area contributed by atoms with Crippen LogP contribution >= 0.6 is 11.6 Å². The third kappa shape index (κ3) is 5.02. The van der Waals surface area contributed by atoms with Crippen LogP contribution in [0, 0.1) is 0 Å². The van der Waals surface area contributed by atoms with Gasteiger partial charge in [0.1, 0.15) is 6.04 Å². The molecule has 4 nitrogen and oxygen atoms in total. The first-order valence-corrected chi connectivity index (χ1v) is 5.57. The van der Waals surface area contributed by atoms with Crippen molar-refractivity contribution in [1.82, 2.24) is 4.90 Å². The largest absolute Gasteiger partial charge is 0.464 e. The fourth-order valence-corrected chi connectivity index (χ4v) is 1.36. The predicted octanol–water partition coefficient (Wildman–Crippen LogP) is 1.42. The first-order valence-electron chi connectivity index (χ1n) is 5.04. The average Bonchev–Trinajstić information content (AvgIpc) is 2.18. The molecule has 0 aliphatic heterocycles. The Morgan fingerprint density at radius 3 is 2.47 bits per heavy atom. The van der Waals surface area contributed by atoms with Gasteiger partial charge in [0, 0.05) is 19.3 Å². The Morgan fingerprint density at radius 2 is 2.07 bits per heavy atom. The van der Waals surface area contributed by atoms with Crippen molar-refractivity contribution in [2.75, 3.05) is 19.0 Å². The van der Waals surface area contributed by atoms with E-state index in [-0.39, 0.29) is 11.9 Å². The van der Waals surface area contributed by atoms with Gasteiger partial charge in [-0.15, -0.1) is 11.6 Å². The quantitative estimate of drug-likeness (QED) is 0.517. The maximum atomic E-state index is 11.4. The topological polar surface area (TPSA) is 46.6 Å². The molecule has 0 rings (SSSR count). The van der Waals surface area contributed by atoms with Gasteiger partial charge in [-0.05, 0) is 20.3 Å². The molecular formula is C10H18ClNO3. The van der Waals surface area contributed by atoms with Crippen LogP contribution in [0.15, 0.2) is 0 Å². The Kier molecular flexibility index (Phi) is 7.13. The van der Waals surface area contributed by atoms with Gasteiger partial charge in [-0.2, -0.15) is 0 Å². The number of carbonyl (C=O) groups is 2. The molecule has 0 heterocycles. The van der Waals surface area contributed by atoms with E-state index < -0.39 is 6.04 Å². The number of nitrogens with zero attached hydrogens (tertiary/aromatic N) is 1. The molecule has 0 bridgehead atoms. The lowest BCUT2D eigenvalue weighted by Crippen LogP contribution is -2.43. The van der Waals surface area contributed by atoms with Crippen LogP contribution in [-0.2, 0) is 14.3 Å². The van der Waals surface area contributed by atoms with E-state index in [0.29, 0.717) is 25.5 Å². The minimum absolute atomic E-state index is 0.138. The normalized spacial score (nSPS) is 12.0. The lowest BCUT2D eigenvalue weighted by Gasteiger charge is -2.26. The van der Waals surface area contributed by atoms with E-state index in [1.165, 1.54) is 11.8 Å². The number of halogens is 1. The van der Waals surface area contributed by atoms with Crippen molar-refractivity contribution in [3.8, 4) is 0 Å². The van der Waals surface area contributed by atoms with Crippen LogP contribution in [0.3, 0.4) is 0 Å². The summed E-state index contributed by atoms with van der Waals surface area (Å²) in [5.74, 6) is -0.0396. The Bertz CT molecular complexity index is 221. The fourth-order valence-electron chi connectivity index (χ4n) is 1.24. The van der Waals surface area contributed by atoms with Gasteiger partial charge >= 0.3 is 5.97 Å². The first-order chi connectivity index (χ1) is 7.04. The summed E-state index contributed by atoms with van der Waals surface area (Å²) in [7, 11) is 0. The predicted molar refractivity (Wildman–Crippen MR) is 58.8 cm³/mol. The van der Waals surface area contributed by atoms with Gasteiger partial charge in [0.2, 0.25) is 5.91 Å². The number of alkyl halides is 1. The zero-order valence-corrected chi connectivity index (χ0v) is 10.2. The molecule has 0 aliphatic carbocycles. The highest BCUT2D eigenvalue weighted by Gasteiger charge is 2.23. The van der Waals surface area contributed by atoms with Gasteiger partial charge in [-0.25, -0.2) is 4.79 Å². The minimum Gasteiger partial charge on any atom is -0.464 e. The van der Waals surface area contributed by atoms with Crippen LogP contribution in [-0.4, -0.2) is 41.8 Å². The summed E-state index contributed by atoms with van der Waals surface area (Å²) < 4.78 is 4.85. The summed E-state index contributed by atoms with van der Waals surface area (Å²) in [5.41, 5.74) is 0. The van der Waals surface area contributed by atoms with Gasteiger partial charge in [0.15, 0.2) is 0 Å². The molecule has 0 aliphatic rings. The zero-order chi connectivity index (χ0) is 11.8. The van der Waals surface area contributed by atoms with E-state index in [1.807, 2.05) is 0 Å². The summed E-state index contributed by atoms with van der Waals surface area (Å²) in [6.45, 7) is 5.64. The van der Waals surface area contributed by atoms with Crippen LogP contribution in [0.1, 0.15) is 27.2 Å². The van der Waals surface area contributed by atoms with Gasteiger partial charge in [-0.3, -0.25) is 4.79 Å². The molecule has 1 atom stereocenters. The van der Waals surface area contributed by atoms with E-state index in [0.717, 1.165) is 0 Å². The van der Waals surface area contributed by atoms with E-state index in [9.17, 15) is 9.59 Å². The maximum absolute atomic E-state index is 11.4. The molecule has 0 aromatic heterocycles. The van der Waals surface area contributed by atoms with Gasteiger partial charge in [-0.1, -0.05) is 0 Å². The van der Waals surface area contributed by atoms with Crippen LogP contribution in [0.4, 0.5) is 0 Å². The maximum Gasteiger partial charge on any atom is 0.328 e. The van der Waals surface area contributed by atoms with Crippen molar-refractivity contribution in [3.05, 3.63) is 0 Å². The van der Waals surface area contributed by atoms with Gasteiger partial charge < -0.3 is 9.64 Å². The molecule has 88 valence electrons. The summed E-state index contributed by atoms with van der Waals surface area (Å²) in [6, 6.07) is -0.536. The standard InChI is InChI=1S/C10H18ClNO3/c1-4-15-10(14)8(2)12(9(3)13)7-5-6-11/h8H,4-7H2,1-3H3. The van der Waals surface area contributed by atoms with Crippen molar-refractivity contribution in [1.29, 1.82) is 0 Å². The molecule has 0 aromatic carbocycles. The Balaban J connectivity index is 4.33. The highest BCUT2D eigenvalue weighted by atomic mass is 35.5. The number of rotatable bonds is 6. The van der Waals surface area contributed by atoms with E-state index in [2.05, 4.69) is 0 Å². The highest BCUT2D eigenvalue weighted by Crippen LogP contribution is 2.04. The van der Waals surface area contributed by atoms with Gasteiger partial charge in [0.05, 0.1) is 6.61 Å². The van der Waals surface area contributed by atoms with E-state index >= 15 is 0 Å². The van der Waals surface area contributed by atoms with Crippen LogP contribution in [0.5, 0.6) is 0 Å². The third-order valence-electron chi connectivity index (χ3n) is 2.03. The number of hydrogen-bond acceptors (Lipinski definition) is 3. The molecule has 0 spiro atoms. The zero-order valence-electron chi connectivity index (χ0n) is 9.46. The molecule has 0 saturated carbocycles. The summed E-state index contributed by atoms with van der Waals surface area (Å²) in [5, 5.41) is 0. The van der Waals surface area contributed by atoms with Crippen molar-refractivity contribution in [2.45, 2.75) is 33.2 Å². The second kappa shape index (κ2) is 7.51. The molecule has 1 amide bonds. The van der Waals surface area contributed by atoms with Crippen molar-refractivity contribution < 1.29 is 14.3 Å². The molecule has 0 aromatic rings. The van der Waals surface area contributed by atoms with Crippen molar-refractivity contribution in [2.24, 2.45) is 0 Å². The van der Waals surface area contributed by atoms with Crippen LogP contribution < -0.4 is 0 Å². The number of hydrogen-bond donors (Lipinski definition) is 0. The smallest absolute Gasteiger partial charge is 0.328 e. The fraction of sp³-hybridized carbons (Fsp3) is 0.800. The number of esters is 1. The lowest BCUT2D eigenvalue weighted by atomic mass is 10.2. The summed E-state index contributed by atoms with van der Waals surface area (Å²) >= 11 is 5.54.